The lowest BCUT2D eigenvalue weighted by Crippen LogP contribution is -2.45. The minimum absolute atomic E-state index is 0.170. The highest BCUT2D eigenvalue weighted by Gasteiger charge is 2.41. The van der Waals surface area contributed by atoms with Crippen LogP contribution in [0, 0.1) is 0 Å². The van der Waals surface area contributed by atoms with Gasteiger partial charge in [-0.1, -0.05) is 0 Å². The van der Waals surface area contributed by atoms with Crippen LogP contribution < -0.4 is 4.90 Å². The molecule has 1 aliphatic rings. The van der Waals surface area contributed by atoms with E-state index in [-0.39, 0.29) is 6.42 Å². The highest BCUT2D eigenvalue weighted by atomic mass is 79.9. The third-order valence-electron chi connectivity index (χ3n) is 2.75. The van der Waals surface area contributed by atoms with Crippen molar-refractivity contribution in [3.8, 4) is 0 Å². The zero-order valence-electron chi connectivity index (χ0n) is 11.4. The van der Waals surface area contributed by atoms with Gasteiger partial charge in [-0.3, -0.25) is 4.90 Å². The van der Waals surface area contributed by atoms with E-state index in [4.69, 9.17) is 4.74 Å². The van der Waals surface area contributed by atoms with Crippen molar-refractivity contribution in [2.24, 2.45) is 0 Å². The van der Waals surface area contributed by atoms with E-state index >= 15 is 0 Å². The number of carboxylic acid groups (broad SMARTS) is 1. The minimum atomic E-state index is -1.08. The summed E-state index contributed by atoms with van der Waals surface area (Å²) in [5.41, 5.74) is 0.360. The maximum atomic E-state index is 12.2. The molecule has 1 aliphatic heterocycles. The van der Waals surface area contributed by atoms with Gasteiger partial charge in [0.25, 0.3) is 0 Å². The molecule has 2 heterocycles. The summed E-state index contributed by atoms with van der Waals surface area (Å²) < 4.78 is 5.88. The fraction of sp³-hybridized carbons (Fsp3) is 0.462. The molecule has 1 aromatic rings. The highest BCUT2D eigenvalue weighted by Crippen LogP contribution is 2.33. The highest BCUT2D eigenvalue weighted by molar-refractivity contribution is 9.10. The number of carbonyl (C=O) groups excluding carboxylic acids is 1. The molecular formula is C13H15BrN2O4. The van der Waals surface area contributed by atoms with Gasteiger partial charge in [0.15, 0.2) is 0 Å². The van der Waals surface area contributed by atoms with Crippen molar-refractivity contribution in [2.75, 3.05) is 4.90 Å². The lowest BCUT2D eigenvalue weighted by atomic mass is 10.2. The monoisotopic (exact) mass is 342 g/mol. The van der Waals surface area contributed by atoms with Crippen molar-refractivity contribution in [2.45, 2.75) is 38.8 Å². The normalized spacial score (nSPS) is 17.8. The quantitative estimate of drug-likeness (QED) is 0.793. The number of carboxylic acids is 1. The lowest BCUT2D eigenvalue weighted by molar-refractivity contribution is -0.138. The van der Waals surface area contributed by atoms with Crippen LogP contribution in [0.1, 0.15) is 26.5 Å². The second-order valence-corrected chi connectivity index (χ2v) is 6.32. The number of aromatic nitrogens is 1. The molecule has 0 aliphatic carbocycles. The van der Waals surface area contributed by atoms with Crippen molar-refractivity contribution >= 4 is 33.7 Å². The maximum absolute atomic E-state index is 12.2. The number of fused-ring (bicyclic) bond motifs is 1. The van der Waals surface area contributed by atoms with Gasteiger partial charge >= 0.3 is 12.1 Å². The maximum Gasteiger partial charge on any atom is 0.415 e. The van der Waals surface area contributed by atoms with E-state index in [2.05, 4.69) is 20.9 Å². The molecule has 7 heteroatoms. The van der Waals surface area contributed by atoms with Crippen LogP contribution in [0.4, 0.5) is 10.5 Å². The number of nitrogens with zero attached hydrogens (tertiary/aromatic N) is 2. The molecule has 1 amide bonds. The summed E-state index contributed by atoms with van der Waals surface area (Å²) in [6, 6.07) is 2.35. The van der Waals surface area contributed by atoms with E-state index in [1.807, 2.05) is 0 Å². The van der Waals surface area contributed by atoms with Crippen LogP contribution in [0.25, 0.3) is 0 Å². The summed E-state index contributed by atoms with van der Waals surface area (Å²) in [7, 11) is 0. The Balaban J connectivity index is 2.38. The molecule has 1 atom stereocenters. The Morgan fingerprint density at radius 3 is 2.65 bits per heavy atom. The molecule has 0 spiro atoms. The number of halogens is 1. The summed E-state index contributed by atoms with van der Waals surface area (Å²) in [6.45, 7) is 5.20. The van der Waals surface area contributed by atoms with Crippen molar-refractivity contribution < 1.29 is 19.4 Å². The zero-order valence-corrected chi connectivity index (χ0v) is 13.0. The Kier molecular flexibility index (Phi) is 3.73. The Morgan fingerprint density at radius 1 is 1.45 bits per heavy atom. The smallest absolute Gasteiger partial charge is 0.415 e. The molecule has 0 bridgehead atoms. The molecule has 2 rings (SSSR count). The topological polar surface area (TPSA) is 79.7 Å². The number of carbonyl (C=O) groups is 2. The van der Waals surface area contributed by atoms with E-state index in [0.717, 1.165) is 4.90 Å². The number of hydrogen-bond donors (Lipinski definition) is 1. The standard InChI is InChI=1S/C13H15BrN2O4/c1-13(2,3)20-12(19)16-8-4-5-10(14)15-7(8)6-9(16)11(17)18/h4-5,9H,6H2,1-3H3,(H,17,18). The number of ether oxygens (including phenoxy) is 1. The van der Waals surface area contributed by atoms with Gasteiger partial charge in [-0.05, 0) is 48.8 Å². The molecule has 1 N–H and O–H groups in total. The largest absolute Gasteiger partial charge is 0.480 e. The van der Waals surface area contributed by atoms with Gasteiger partial charge in [-0.25, -0.2) is 14.6 Å². The predicted octanol–water partition coefficient (Wildman–Crippen LogP) is 2.59. The van der Waals surface area contributed by atoms with Gasteiger partial charge in [0.05, 0.1) is 11.4 Å². The lowest BCUT2D eigenvalue weighted by Gasteiger charge is -2.27. The molecule has 0 fully saturated rings. The molecule has 0 saturated heterocycles. The van der Waals surface area contributed by atoms with E-state index in [9.17, 15) is 14.7 Å². The van der Waals surface area contributed by atoms with Crippen molar-refractivity contribution in [1.29, 1.82) is 0 Å². The molecule has 1 unspecified atom stereocenters. The van der Waals surface area contributed by atoms with Crippen LogP contribution in [0.3, 0.4) is 0 Å². The van der Waals surface area contributed by atoms with Crippen molar-refractivity contribution in [3.05, 3.63) is 22.4 Å². The van der Waals surface area contributed by atoms with Gasteiger partial charge in [-0.15, -0.1) is 0 Å². The average molecular weight is 343 g/mol. The Morgan fingerprint density at radius 2 is 2.10 bits per heavy atom. The summed E-state index contributed by atoms with van der Waals surface area (Å²) in [6.07, 6.45) is -0.503. The van der Waals surface area contributed by atoms with Crippen LogP contribution in [-0.4, -0.2) is 33.8 Å². The number of pyridine rings is 1. The van der Waals surface area contributed by atoms with Crippen LogP contribution in [-0.2, 0) is 16.0 Å². The van der Waals surface area contributed by atoms with E-state index < -0.39 is 23.7 Å². The molecule has 0 aromatic carbocycles. The number of amides is 1. The fourth-order valence-electron chi connectivity index (χ4n) is 2.01. The molecule has 1 aromatic heterocycles. The first kappa shape index (κ1) is 14.8. The zero-order chi connectivity index (χ0) is 15.1. The molecule has 108 valence electrons. The summed E-state index contributed by atoms with van der Waals surface area (Å²) in [5, 5.41) is 9.28. The van der Waals surface area contributed by atoms with Gasteiger partial charge in [0, 0.05) is 6.42 Å². The molecule has 0 saturated carbocycles. The van der Waals surface area contributed by atoms with E-state index in [1.54, 1.807) is 32.9 Å². The van der Waals surface area contributed by atoms with Crippen LogP contribution in [0.15, 0.2) is 16.7 Å². The molecule has 20 heavy (non-hydrogen) atoms. The van der Waals surface area contributed by atoms with Gasteiger partial charge in [0.1, 0.15) is 16.2 Å². The van der Waals surface area contributed by atoms with Crippen molar-refractivity contribution in [3.63, 3.8) is 0 Å². The Hall–Kier alpha value is -1.63. The Bertz CT molecular complexity index is 568. The third kappa shape index (κ3) is 2.92. The van der Waals surface area contributed by atoms with E-state index in [1.165, 1.54) is 0 Å². The van der Waals surface area contributed by atoms with Gasteiger partial charge in [0.2, 0.25) is 0 Å². The number of anilines is 1. The Labute approximate surface area is 124 Å². The number of rotatable bonds is 1. The first-order valence-corrected chi connectivity index (χ1v) is 6.89. The summed E-state index contributed by atoms with van der Waals surface area (Å²) >= 11 is 3.23. The van der Waals surface area contributed by atoms with Crippen LogP contribution >= 0.6 is 15.9 Å². The second-order valence-electron chi connectivity index (χ2n) is 5.51. The molecule has 0 radical (unpaired) electrons. The first-order valence-electron chi connectivity index (χ1n) is 6.09. The second kappa shape index (κ2) is 5.05. The van der Waals surface area contributed by atoms with Gasteiger partial charge in [-0.2, -0.15) is 0 Å². The number of aliphatic carboxylic acids is 1. The first-order chi connectivity index (χ1) is 9.19. The van der Waals surface area contributed by atoms with Gasteiger partial charge < -0.3 is 9.84 Å². The minimum Gasteiger partial charge on any atom is -0.480 e. The predicted molar refractivity (Wildman–Crippen MR) is 75.8 cm³/mol. The number of hydrogen-bond acceptors (Lipinski definition) is 4. The van der Waals surface area contributed by atoms with Crippen LogP contribution in [0.5, 0.6) is 0 Å². The fourth-order valence-corrected chi connectivity index (χ4v) is 2.36. The van der Waals surface area contributed by atoms with Crippen molar-refractivity contribution in [1.82, 2.24) is 4.98 Å². The SMILES string of the molecule is CC(C)(C)OC(=O)N1c2ccc(Br)nc2CC1C(=O)O. The molecule has 6 nitrogen and oxygen atoms in total. The summed E-state index contributed by atoms with van der Waals surface area (Å²) in [5.74, 6) is -1.08. The third-order valence-corrected chi connectivity index (χ3v) is 3.19. The summed E-state index contributed by atoms with van der Waals surface area (Å²) in [4.78, 5) is 28.9. The average Bonchev–Trinajstić information content (AvgIpc) is 2.64. The van der Waals surface area contributed by atoms with E-state index in [0.29, 0.717) is 16.0 Å². The van der Waals surface area contributed by atoms with Crippen LogP contribution in [0.2, 0.25) is 0 Å². The molecular weight excluding hydrogens is 328 g/mol.